The minimum Gasteiger partial charge on any atom is -0.343 e. The molecule has 0 spiro atoms. The summed E-state index contributed by atoms with van der Waals surface area (Å²) in [6.07, 6.45) is 3.98. The first-order valence-electron chi connectivity index (χ1n) is 7.12. The Morgan fingerprint density at radius 1 is 1.57 bits per heavy atom. The average molecular weight is 357 g/mol. The Hall–Kier alpha value is -1.57. The van der Waals surface area contributed by atoms with Crippen LogP contribution in [-0.4, -0.2) is 21.5 Å². The molecular formula is C15H18ClFN4OS. The van der Waals surface area contributed by atoms with Gasteiger partial charge >= 0.3 is 0 Å². The number of rotatable bonds is 6. The molecule has 124 valence electrons. The van der Waals surface area contributed by atoms with Crippen molar-refractivity contribution in [3.63, 3.8) is 0 Å². The van der Waals surface area contributed by atoms with Crippen LogP contribution in [0.2, 0.25) is 5.15 Å². The van der Waals surface area contributed by atoms with Crippen molar-refractivity contribution in [1.82, 2.24) is 14.3 Å². The molecular weight excluding hydrogens is 339 g/mol. The fourth-order valence-electron chi connectivity index (χ4n) is 1.82. The molecule has 8 heteroatoms. The van der Waals surface area contributed by atoms with Crippen molar-refractivity contribution in [1.29, 1.82) is 0 Å². The first-order valence-corrected chi connectivity index (χ1v) is 8.32. The van der Waals surface area contributed by atoms with E-state index in [1.807, 2.05) is 13.8 Å². The molecule has 1 atom stereocenters. The van der Waals surface area contributed by atoms with Gasteiger partial charge in [0.1, 0.15) is 10.8 Å². The quantitative estimate of drug-likeness (QED) is 0.609. The van der Waals surface area contributed by atoms with Gasteiger partial charge in [0.05, 0.1) is 4.90 Å². The smallest absolute Gasteiger partial charge is 0.275 e. The molecule has 2 aromatic heterocycles. The highest BCUT2D eigenvalue weighted by molar-refractivity contribution is 7.97. The molecule has 0 fully saturated rings. The lowest BCUT2D eigenvalue weighted by atomic mass is 10.3. The maximum Gasteiger partial charge on any atom is 0.275 e. The number of anilines is 1. The Kier molecular flexibility index (Phi) is 6.04. The summed E-state index contributed by atoms with van der Waals surface area (Å²) >= 11 is 6.96. The first-order chi connectivity index (χ1) is 10.9. The summed E-state index contributed by atoms with van der Waals surface area (Å²) in [4.78, 5) is 16.5. The van der Waals surface area contributed by atoms with Gasteiger partial charge in [0.2, 0.25) is 0 Å². The van der Waals surface area contributed by atoms with Crippen molar-refractivity contribution in [2.24, 2.45) is 7.05 Å². The molecule has 0 radical (unpaired) electrons. The molecule has 5 nitrogen and oxygen atoms in total. The largest absolute Gasteiger partial charge is 0.343 e. The van der Waals surface area contributed by atoms with Gasteiger partial charge in [-0.05, 0) is 37.4 Å². The van der Waals surface area contributed by atoms with Crippen LogP contribution < -0.4 is 10.0 Å². The van der Waals surface area contributed by atoms with E-state index in [9.17, 15) is 9.18 Å². The van der Waals surface area contributed by atoms with Crippen LogP contribution >= 0.6 is 23.5 Å². The Labute approximate surface area is 143 Å². The maximum absolute atomic E-state index is 14.5. The lowest BCUT2D eigenvalue weighted by Gasteiger charge is -2.08. The maximum atomic E-state index is 14.5. The molecule has 2 heterocycles. The molecule has 0 unspecified atom stereocenters. The van der Waals surface area contributed by atoms with Crippen LogP contribution in [0.1, 0.15) is 30.8 Å². The van der Waals surface area contributed by atoms with Gasteiger partial charge in [0, 0.05) is 31.2 Å². The second-order valence-electron chi connectivity index (χ2n) is 5.12. The van der Waals surface area contributed by atoms with E-state index in [1.165, 1.54) is 28.8 Å². The van der Waals surface area contributed by atoms with Gasteiger partial charge in [-0.25, -0.2) is 9.37 Å². The number of nitrogens with zero attached hydrogens (tertiary/aromatic N) is 2. The van der Waals surface area contributed by atoms with E-state index >= 15 is 0 Å². The van der Waals surface area contributed by atoms with Gasteiger partial charge in [-0.2, -0.15) is 0 Å². The molecule has 2 aromatic rings. The number of hydrogen-bond acceptors (Lipinski definition) is 4. The second kappa shape index (κ2) is 7.81. The van der Waals surface area contributed by atoms with Gasteiger partial charge in [0.25, 0.3) is 5.91 Å². The van der Waals surface area contributed by atoms with Crippen molar-refractivity contribution in [2.45, 2.75) is 31.2 Å². The van der Waals surface area contributed by atoms with E-state index in [2.05, 4.69) is 15.0 Å². The van der Waals surface area contributed by atoms with E-state index in [0.29, 0.717) is 10.6 Å². The minimum atomic E-state index is -0.550. The zero-order valence-electron chi connectivity index (χ0n) is 13.1. The highest BCUT2D eigenvalue weighted by Gasteiger charge is 2.21. The standard InChI is InChI=1S/C15H18ClFN4OS/c1-4-9(2)20-23-11-8-21(3)14(13(11)17)15(22)19-10-5-6-18-12(16)7-10/h5-9,20H,4H2,1-3H3,(H,18,19,22)/t9-/m1/s1. The lowest BCUT2D eigenvalue weighted by Crippen LogP contribution is -2.18. The van der Waals surface area contributed by atoms with Crippen LogP contribution in [-0.2, 0) is 7.05 Å². The van der Waals surface area contributed by atoms with Gasteiger partial charge in [-0.3, -0.25) is 9.52 Å². The van der Waals surface area contributed by atoms with Crippen molar-refractivity contribution >= 4 is 35.1 Å². The predicted molar refractivity (Wildman–Crippen MR) is 91.3 cm³/mol. The SMILES string of the molecule is CC[C@@H](C)NSc1cn(C)c(C(=O)Nc2ccnc(Cl)c2)c1F. The molecule has 0 bridgehead atoms. The van der Waals surface area contributed by atoms with Gasteiger partial charge in [-0.1, -0.05) is 18.5 Å². The first kappa shape index (κ1) is 17.8. The normalized spacial score (nSPS) is 12.2. The summed E-state index contributed by atoms with van der Waals surface area (Å²) < 4.78 is 19.1. The Bertz CT molecular complexity index is 707. The highest BCUT2D eigenvalue weighted by atomic mass is 35.5. The van der Waals surface area contributed by atoms with Crippen LogP contribution in [0, 0.1) is 5.82 Å². The molecule has 0 saturated carbocycles. The molecule has 0 aliphatic heterocycles. The van der Waals surface area contributed by atoms with Gasteiger partial charge in [0.15, 0.2) is 5.82 Å². The van der Waals surface area contributed by atoms with Crippen LogP contribution in [0.5, 0.6) is 0 Å². The van der Waals surface area contributed by atoms with E-state index in [0.717, 1.165) is 6.42 Å². The topological polar surface area (TPSA) is 59.0 Å². The van der Waals surface area contributed by atoms with Crippen molar-refractivity contribution in [3.05, 3.63) is 41.2 Å². The van der Waals surface area contributed by atoms with Crippen LogP contribution in [0.25, 0.3) is 0 Å². The summed E-state index contributed by atoms with van der Waals surface area (Å²) in [5.74, 6) is -1.09. The summed E-state index contributed by atoms with van der Waals surface area (Å²) in [5.41, 5.74) is 0.425. The minimum absolute atomic E-state index is 0.0358. The Morgan fingerprint density at radius 3 is 2.96 bits per heavy atom. The number of halogens is 2. The summed E-state index contributed by atoms with van der Waals surface area (Å²) in [5, 5.41) is 2.87. The number of pyridine rings is 1. The lowest BCUT2D eigenvalue weighted by molar-refractivity contribution is 0.101. The predicted octanol–water partition coefficient (Wildman–Crippen LogP) is 3.86. The fraction of sp³-hybridized carbons (Fsp3) is 0.333. The zero-order valence-corrected chi connectivity index (χ0v) is 14.6. The number of aryl methyl sites for hydroxylation is 1. The zero-order chi connectivity index (χ0) is 17.0. The van der Waals surface area contributed by atoms with Crippen molar-refractivity contribution in [3.8, 4) is 0 Å². The van der Waals surface area contributed by atoms with E-state index in [-0.39, 0.29) is 16.9 Å². The molecule has 0 saturated heterocycles. The molecule has 0 aliphatic rings. The van der Waals surface area contributed by atoms with Crippen molar-refractivity contribution < 1.29 is 9.18 Å². The Balaban J connectivity index is 2.15. The summed E-state index contributed by atoms with van der Waals surface area (Å²) in [6, 6.07) is 3.33. The average Bonchev–Trinajstić information content (AvgIpc) is 2.79. The molecule has 0 aromatic carbocycles. The molecule has 0 aliphatic carbocycles. The number of hydrogen-bond donors (Lipinski definition) is 2. The van der Waals surface area contributed by atoms with Gasteiger partial charge < -0.3 is 9.88 Å². The van der Waals surface area contributed by atoms with Crippen molar-refractivity contribution in [2.75, 3.05) is 5.32 Å². The summed E-state index contributed by atoms with van der Waals surface area (Å²) in [7, 11) is 1.63. The molecule has 23 heavy (non-hydrogen) atoms. The molecule has 2 N–H and O–H groups in total. The van der Waals surface area contributed by atoms with E-state index < -0.39 is 11.7 Å². The Morgan fingerprint density at radius 2 is 2.30 bits per heavy atom. The highest BCUT2D eigenvalue weighted by Crippen LogP contribution is 2.25. The van der Waals surface area contributed by atoms with E-state index in [4.69, 9.17) is 11.6 Å². The second-order valence-corrected chi connectivity index (χ2v) is 6.38. The molecule has 1 amide bonds. The van der Waals surface area contributed by atoms with Crippen LogP contribution in [0.3, 0.4) is 0 Å². The third-order valence-electron chi connectivity index (χ3n) is 3.27. The van der Waals surface area contributed by atoms with Crippen LogP contribution in [0.4, 0.5) is 10.1 Å². The van der Waals surface area contributed by atoms with E-state index in [1.54, 1.807) is 19.3 Å². The monoisotopic (exact) mass is 356 g/mol. The number of carbonyl (C=O) groups is 1. The van der Waals surface area contributed by atoms with Gasteiger partial charge in [-0.15, -0.1) is 0 Å². The number of amides is 1. The molecule has 2 rings (SSSR count). The number of aromatic nitrogens is 2. The third-order valence-corrected chi connectivity index (χ3v) is 4.50. The third kappa shape index (κ3) is 4.46. The number of nitrogens with one attached hydrogen (secondary N) is 2. The van der Waals surface area contributed by atoms with Crippen LogP contribution in [0.15, 0.2) is 29.4 Å². The summed E-state index contributed by atoms with van der Waals surface area (Å²) in [6.45, 7) is 4.05. The number of carbonyl (C=O) groups excluding carboxylic acids is 1. The fourth-order valence-corrected chi connectivity index (χ4v) is 2.88.